The van der Waals surface area contributed by atoms with Gasteiger partial charge in [-0.3, -0.25) is 13.8 Å². The Bertz CT molecular complexity index is 1740. The molecular weight excluding hydrogens is 593 g/mol. The van der Waals surface area contributed by atoms with E-state index in [1.165, 1.54) is 60.7 Å². The van der Waals surface area contributed by atoms with Crippen LogP contribution in [0.2, 0.25) is 10.0 Å². The number of hydrogen-bond acceptors (Lipinski definition) is 5. The van der Waals surface area contributed by atoms with Crippen molar-refractivity contribution in [1.29, 1.82) is 0 Å². The highest BCUT2D eigenvalue weighted by molar-refractivity contribution is 7.93. The van der Waals surface area contributed by atoms with Crippen LogP contribution in [-0.2, 0) is 24.8 Å². The number of sulfonamides is 2. The monoisotopic (exact) mass is 617 g/mol. The first-order chi connectivity index (χ1) is 18.8. The number of amides is 1. The van der Waals surface area contributed by atoms with Crippen LogP contribution in [-0.4, -0.2) is 29.3 Å². The van der Waals surface area contributed by atoms with Gasteiger partial charge in [0, 0.05) is 21.4 Å². The average Bonchev–Trinajstić information content (AvgIpc) is 2.91. The van der Waals surface area contributed by atoms with Gasteiger partial charge in [0.25, 0.3) is 20.0 Å². The summed E-state index contributed by atoms with van der Waals surface area (Å²) in [5.74, 6) is -0.620. The molecule has 40 heavy (non-hydrogen) atoms. The molecule has 4 aromatic carbocycles. The minimum Gasteiger partial charge on any atom is -0.325 e. The fraction of sp³-hybridized carbons (Fsp3) is 0.107. The number of benzene rings is 4. The van der Waals surface area contributed by atoms with Crippen molar-refractivity contribution < 1.29 is 21.6 Å². The maximum absolute atomic E-state index is 13.6. The number of halogens is 2. The molecule has 0 atom stereocenters. The molecule has 0 aliphatic heterocycles. The lowest BCUT2D eigenvalue weighted by Gasteiger charge is -2.25. The van der Waals surface area contributed by atoms with Crippen molar-refractivity contribution >= 4 is 66.2 Å². The summed E-state index contributed by atoms with van der Waals surface area (Å²) in [6.07, 6.45) is 0. The SMILES string of the molecule is Cc1ccc(N(CC(=O)Nc2ccc(S(=O)(=O)Nc3ccc(Cl)cc3)cc2)S(=O)(=O)c2ccc(Cl)cc2)cc1C. The van der Waals surface area contributed by atoms with E-state index in [1.54, 1.807) is 30.3 Å². The van der Waals surface area contributed by atoms with Crippen molar-refractivity contribution in [2.45, 2.75) is 23.6 Å². The average molecular weight is 619 g/mol. The van der Waals surface area contributed by atoms with E-state index in [-0.39, 0.29) is 9.79 Å². The zero-order chi connectivity index (χ0) is 29.1. The first-order valence-corrected chi connectivity index (χ1v) is 15.6. The molecule has 0 fully saturated rings. The summed E-state index contributed by atoms with van der Waals surface area (Å²) in [4.78, 5) is 13.0. The molecule has 0 spiro atoms. The van der Waals surface area contributed by atoms with Crippen LogP contribution < -0.4 is 14.3 Å². The summed E-state index contributed by atoms with van der Waals surface area (Å²) < 4.78 is 56.1. The zero-order valence-electron chi connectivity index (χ0n) is 21.4. The Labute approximate surface area is 243 Å². The normalized spacial score (nSPS) is 11.6. The van der Waals surface area contributed by atoms with Gasteiger partial charge in [0.15, 0.2) is 0 Å². The van der Waals surface area contributed by atoms with E-state index in [2.05, 4.69) is 10.0 Å². The van der Waals surface area contributed by atoms with Gasteiger partial charge in [-0.15, -0.1) is 0 Å². The van der Waals surface area contributed by atoms with Gasteiger partial charge in [-0.1, -0.05) is 29.3 Å². The van der Waals surface area contributed by atoms with E-state index in [9.17, 15) is 21.6 Å². The van der Waals surface area contributed by atoms with Crippen molar-refractivity contribution in [2.75, 3.05) is 20.9 Å². The van der Waals surface area contributed by atoms with E-state index >= 15 is 0 Å². The summed E-state index contributed by atoms with van der Waals surface area (Å²) in [5, 5.41) is 3.49. The molecule has 0 saturated heterocycles. The van der Waals surface area contributed by atoms with Crippen molar-refractivity contribution in [3.63, 3.8) is 0 Å². The molecule has 2 N–H and O–H groups in total. The third-order valence-corrected chi connectivity index (χ3v) is 9.70. The van der Waals surface area contributed by atoms with Gasteiger partial charge in [-0.2, -0.15) is 0 Å². The Kier molecular flexibility index (Phi) is 8.74. The van der Waals surface area contributed by atoms with Gasteiger partial charge < -0.3 is 5.32 Å². The van der Waals surface area contributed by atoms with Gasteiger partial charge in [0.1, 0.15) is 6.54 Å². The Balaban J connectivity index is 1.54. The Morgan fingerprint density at radius 3 is 1.80 bits per heavy atom. The molecule has 4 rings (SSSR count). The van der Waals surface area contributed by atoms with Crippen LogP contribution in [0.25, 0.3) is 0 Å². The quantitative estimate of drug-likeness (QED) is 0.231. The highest BCUT2D eigenvalue weighted by Gasteiger charge is 2.27. The number of nitrogens with zero attached hydrogens (tertiary/aromatic N) is 1. The topological polar surface area (TPSA) is 113 Å². The minimum atomic E-state index is -4.13. The Morgan fingerprint density at radius 2 is 1.23 bits per heavy atom. The fourth-order valence-electron chi connectivity index (χ4n) is 3.71. The summed E-state index contributed by atoms with van der Waals surface area (Å²) in [5.41, 5.74) is 2.79. The molecule has 208 valence electrons. The highest BCUT2D eigenvalue weighted by atomic mass is 35.5. The third-order valence-electron chi connectivity index (χ3n) is 6.01. The lowest BCUT2D eigenvalue weighted by molar-refractivity contribution is -0.114. The number of nitrogens with one attached hydrogen (secondary N) is 2. The predicted molar refractivity (Wildman–Crippen MR) is 159 cm³/mol. The standard InChI is InChI=1S/C28H25Cl2N3O5S2/c1-19-3-12-25(17-20(19)2)33(40(37,38)27-13-6-22(30)7-14-27)18-28(34)31-23-10-15-26(16-11-23)39(35,36)32-24-8-4-21(29)5-9-24/h3-17,32H,18H2,1-2H3,(H,31,34). The minimum absolute atomic E-state index is 0.0225. The van der Waals surface area contributed by atoms with Crippen LogP contribution in [0.4, 0.5) is 17.1 Å². The summed E-state index contributed by atoms with van der Waals surface area (Å²) in [6, 6.07) is 22.5. The van der Waals surface area contributed by atoms with E-state index in [1.807, 2.05) is 13.8 Å². The maximum atomic E-state index is 13.6. The van der Waals surface area contributed by atoms with Gasteiger partial charge in [0.05, 0.1) is 15.5 Å². The maximum Gasteiger partial charge on any atom is 0.264 e. The second kappa shape index (κ2) is 11.9. The third kappa shape index (κ3) is 6.95. The number of aryl methyl sites for hydroxylation is 2. The van der Waals surface area contributed by atoms with Crippen LogP contribution in [0, 0.1) is 13.8 Å². The zero-order valence-corrected chi connectivity index (χ0v) is 24.6. The van der Waals surface area contributed by atoms with E-state index in [4.69, 9.17) is 23.2 Å². The van der Waals surface area contributed by atoms with Crippen molar-refractivity contribution in [3.05, 3.63) is 112 Å². The van der Waals surface area contributed by atoms with Crippen LogP contribution >= 0.6 is 23.2 Å². The number of carbonyl (C=O) groups is 1. The second-order valence-electron chi connectivity index (χ2n) is 8.92. The molecular formula is C28H25Cl2N3O5S2. The fourth-order valence-corrected chi connectivity index (χ4v) is 6.43. The number of carbonyl (C=O) groups excluding carboxylic acids is 1. The van der Waals surface area contributed by atoms with Gasteiger partial charge in [-0.05, 0) is 110 Å². The molecule has 0 aliphatic carbocycles. The van der Waals surface area contributed by atoms with Crippen LogP contribution in [0.5, 0.6) is 0 Å². The molecule has 0 aromatic heterocycles. The van der Waals surface area contributed by atoms with E-state index < -0.39 is 32.5 Å². The van der Waals surface area contributed by atoms with Crippen molar-refractivity contribution in [3.8, 4) is 0 Å². The number of anilines is 3. The van der Waals surface area contributed by atoms with Gasteiger partial charge in [0.2, 0.25) is 5.91 Å². The molecule has 12 heteroatoms. The van der Waals surface area contributed by atoms with Crippen LogP contribution in [0.3, 0.4) is 0 Å². The summed E-state index contributed by atoms with van der Waals surface area (Å²) in [6.45, 7) is 3.23. The first-order valence-electron chi connectivity index (χ1n) is 11.9. The van der Waals surface area contributed by atoms with E-state index in [0.717, 1.165) is 15.4 Å². The highest BCUT2D eigenvalue weighted by Crippen LogP contribution is 2.27. The van der Waals surface area contributed by atoms with E-state index in [0.29, 0.717) is 27.1 Å². The Hall–Kier alpha value is -3.57. The molecule has 0 saturated carbocycles. The molecule has 0 unspecified atom stereocenters. The molecule has 0 bridgehead atoms. The summed E-state index contributed by atoms with van der Waals surface area (Å²) in [7, 11) is -8.02. The number of rotatable bonds is 9. The van der Waals surface area contributed by atoms with Crippen molar-refractivity contribution in [1.82, 2.24) is 0 Å². The first kappa shape index (κ1) is 29.4. The molecule has 0 radical (unpaired) electrons. The molecule has 4 aromatic rings. The van der Waals surface area contributed by atoms with Crippen LogP contribution in [0.15, 0.2) is 101 Å². The lowest BCUT2D eigenvalue weighted by atomic mass is 10.1. The summed E-state index contributed by atoms with van der Waals surface area (Å²) >= 11 is 11.8. The smallest absolute Gasteiger partial charge is 0.264 e. The van der Waals surface area contributed by atoms with Gasteiger partial charge >= 0.3 is 0 Å². The molecule has 8 nitrogen and oxygen atoms in total. The molecule has 0 aliphatic rings. The van der Waals surface area contributed by atoms with Crippen molar-refractivity contribution in [2.24, 2.45) is 0 Å². The molecule has 1 amide bonds. The number of hydrogen-bond donors (Lipinski definition) is 2. The Morgan fingerprint density at radius 1 is 0.700 bits per heavy atom. The lowest BCUT2D eigenvalue weighted by Crippen LogP contribution is -2.38. The van der Waals surface area contributed by atoms with Gasteiger partial charge in [-0.25, -0.2) is 16.8 Å². The second-order valence-corrected chi connectivity index (χ2v) is 13.3. The predicted octanol–water partition coefficient (Wildman–Crippen LogP) is 6.25. The molecule has 0 heterocycles. The van der Waals surface area contributed by atoms with Crippen LogP contribution in [0.1, 0.15) is 11.1 Å². The largest absolute Gasteiger partial charge is 0.325 e.